The summed E-state index contributed by atoms with van der Waals surface area (Å²) in [6.45, 7) is 5.91. The van der Waals surface area contributed by atoms with Gasteiger partial charge in [-0.1, -0.05) is 0 Å². The zero-order chi connectivity index (χ0) is 18.5. The van der Waals surface area contributed by atoms with E-state index in [2.05, 4.69) is 19.9 Å². The van der Waals surface area contributed by atoms with Crippen LogP contribution < -0.4 is 9.47 Å². The number of aliphatic carboxylic acids is 1. The predicted molar refractivity (Wildman–Crippen MR) is 95.6 cm³/mol. The van der Waals surface area contributed by atoms with Crippen molar-refractivity contribution in [2.75, 3.05) is 26.7 Å². The monoisotopic (exact) mass is 361 g/mol. The second-order valence-electron chi connectivity index (χ2n) is 8.22. The molecule has 0 spiro atoms. The second kappa shape index (κ2) is 6.43. The van der Waals surface area contributed by atoms with E-state index in [1.807, 2.05) is 17.0 Å². The molecule has 26 heavy (non-hydrogen) atoms. The van der Waals surface area contributed by atoms with Crippen LogP contribution in [0.2, 0.25) is 0 Å². The van der Waals surface area contributed by atoms with Crippen molar-refractivity contribution in [3.63, 3.8) is 0 Å². The molecule has 3 aliphatic rings. The quantitative estimate of drug-likeness (QED) is 0.893. The first-order valence-electron chi connectivity index (χ1n) is 9.34. The van der Waals surface area contributed by atoms with Crippen LogP contribution in [0.3, 0.4) is 0 Å². The lowest BCUT2D eigenvalue weighted by molar-refractivity contribution is -0.188. The van der Waals surface area contributed by atoms with Gasteiger partial charge in [-0.2, -0.15) is 0 Å². The number of carboxylic acids is 1. The van der Waals surface area contributed by atoms with Crippen molar-refractivity contribution in [1.29, 1.82) is 0 Å². The number of nitrogens with zero attached hydrogens (tertiary/aromatic N) is 1. The Morgan fingerprint density at radius 1 is 1.42 bits per heavy atom. The van der Waals surface area contributed by atoms with Gasteiger partial charge in [0.15, 0.2) is 0 Å². The van der Waals surface area contributed by atoms with Crippen molar-refractivity contribution in [3.8, 4) is 11.5 Å². The van der Waals surface area contributed by atoms with Crippen LogP contribution in [0.25, 0.3) is 0 Å². The van der Waals surface area contributed by atoms with E-state index in [-0.39, 0.29) is 30.3 Å². The fourth-order valence-corrected chi connectivity index (χ4v) is 4.82. The maximum absolute atomic E-state index is 11.0. The molecule has 4 rings (SSSR count). The van der Waals surface area contributed by atoms with Crippen LogP contribution in [0, 0.1) is 11.8 Å². The number of piperidine rings is 1. The Morgan fingerprint density at radius 3 is 2.96 bits per heavy atom. The van der Waals surface area contributed by atoms with Crippen LogP contribution in [-0.4, -0.2) is 54.4 Å². The number of rotatable bonds is 3. The summed E-state index contributed by atoms with van der Waals surface area (Å²) in [5.41, 5.74) is 0.755. The van der Waals surface area contributed by atoms with E-state index in [0.717, 1.165) is 43.0 Å². The molecule has 1 aromatic rings. The predicted octanol–water partition coefficient (Wildman–Crippen LogP) is 2.72. The van der Waals surface area contributed by atoms with Gasteiger partial charge in [-0.15, -0.1) is 0 Å². The largest absolute Gasteiger partial charge is 0.497 e. The van der Waals surface area contributed by atoms with E-state index < -0.39 is 5.97 Å². The lowest BCUT2D eigenvalue weighted by atomic mass is 9.70. The molecular weight excluding hydrogens is 334 g/mol. The van der Waals surface area contributed by atoms with Gasteiger partial charge in [0, 0.05) is 30.6 Å². The highest BCUT2D eigenvalue weighted by Gasteiger charge is 2.51. The molecule has 1 aromatic carbocycles. The van der Waals surface area contributed by atoms with Crippen molar-refractivity contribution in [2.24, 2.45) is 11.8 Å². The molecule has 0 bridgehead atoms. The molecule has 0 aliphatic carbocycles. The van der Waals surface area contributed by atoms with Crippen molar-refractivity contribution in [2.45, 2.75) is 44.5 Å². The van der Waals surface area contributed by atoms with E-state index in [4.69, 9.17) is 19.3 Å². The third-order valence-corrected chi connectivity index (χ3v) is 6.14. The summed E-state index contributed by atoms with van der Waals surface area (Å²) in [6, 6.07) is 5.96. The molecule has 2 fully saturated rings. The third kappa shape index (κ3) is 3.05. The standard InChI is InChI=1S/C20H27NO5/c1-20(2)15-8-12-10-21(11-18(22)23)7-6-16(12)25-19(15)14-5-4-13(24-3)9-17(14)26-20/h4-5,9,12,15-16,19H,6-8,10-11H2,1-3H3,(H,22,23)/t12-,15+,16+,19-/m0/s1. The summed E-state index contributed by atoms with van der Waals surface area (Å²) in [5.74, 6) is 1.47. The van der Waals surface area contributed by atoms with Crippen molar-refractivity contribution in [3.05, 3.63) is 23.8 Å². The molecule has 1 N–H and O–H groups in total. The van der Waals surface area contributed by atoms with E-state index >= 15 is 0 Å². The van der Waals surface area contributed by atoms with Crippen LogP contribution in [0.5, 0.6) is 11.5 Å². The first kappa shape index (κ1) is 17.6. The summed E-state index contributed by atoms with van der Waals surface area (Å²) >= 11 is 0. The highest BCUT2D eigenvalue weighted by atomic mass is 16.5. The van der Waals surface area contributed by atoms with Gasteiger partial charge in [0.05, 0.1) is 25.9 Å². The molecule has 3 aliphatic heterocycles. The molecule has 142 valence electrons. The van der Waals surface area contributed by atoms with Crippen LogP contribution in [0.15, 0.2) is 18.2 Å². The molecule has 0 radical (unpaired) electrons. The van der Waals surface area contributed by atoms with Gasteiger partial charge >= 0.3 is 5.97 Å². The van der Waals surface area contributed by atoms with Gasteiger partial charge in [0.25, 0.3) is 0 Å². The van der Waals surface area contributed by atoms with E-state index in [0.29, 0.717) is 5.92 Å². The number of carboxylic acid groups (broad SMARTS) is 1. The molecule has 0 amide bonds. The van der Waals surface area contributed by atoms with E-state index in [1.165, 1.54) is 0 Å². The van der Waals surface area contributed by atoms with Crippen molar-refractivity contribution in [1.82, 2.24) is 4.90 Å². The van der Waals surface area contributed by atoms with E-state index in [9.17, 15) is 4.79 Å². The number of methoxy groups -OCH3 is 1. The Kier molecular flexibility index (Phi) is 4.35. The maximum atomic E-state index is 11.0. The summed E-state index contributed by atoms with van der Waals surface area (Å²) in [4.78, 5) is 13.1. The van der Waals surface area contributed by atoms with Crippen molar-refractivity contribution >= 4 is 5.97 Å². The number of benzene rings is 1. The number of carbonyl (C=O) groups is 1. The molecule has 0 unspecified atom stereocenters. The zero-order valence-electron chi connectivity index (χ0n) is 15.6. The summed E-state index contributed by atoms with van der Waals surface area (Å²) in [6.07, 6.45) is 2.08. The molecule has 0 aromatic heterocycles. The first-order chi connectivity index (χ1) is 12.4. The van der Waals surface area contributed by atoms with Gasteiger partial charge in [0.2, 0.25) is 0 Å². The number of likely N-dealkylation sites (tertiary alicyclic amines) is 1. The van der Waals surface area contributed by atoms with Crippen LogP contribution in [0.1, 0.15) is 38.4 Å². The number of ether oxygens (including phenoxy) is 3. The average molecular weight is 361 g/mol. The first-order valence-corrected chi connectivity index (χ1v) is 9.34. The number of hydrogen-bond acceptors (Lipinski definition) is 5. The molecule has 6 heteroatoms. The number of fused-ring (bicyclic) bond motifs is 4. The smallest absolute Gasteiger partial charge is 0.317 e. The Balaban J connectivity index is 1.59. The zero-order valence-corrected chi connectivity index (χ0v) is 15.6. The summed E-state index contributed by atoms with van der Waals surface area (Å²) in [5, 5.41) is 9.08. The minimum atomic E-state index is -0.762. The molecule has 3 heterocycles. The highest BCUT2D eigenvalue weighted by molar-refractivity contribution is 5.69. The fraction of sp³-hybridized carbons (Fsp3) is 0.650. The fourth-order valence-electron chi connectivity index (χ4n) is 4.82. The Morgan fingerprint density at radius 2 is 2.23 bits per heavy atom. The summed E-state index contributed by atoms with van der Waals surface area (Å²) in [7, 11) is 1.66. The highest BCUT2D eigenvalue weighted by Crippen LogP contribution is 2.53. The van der Waals surface area contributed by atoms with Gasteiger partial charge < -0.3 is 19.3 Å². The van der Waals surface area contributed by atoms with Crippen LogP contribution in [0.4, 0.5) is 0 Å². The lowest BCUT2D eigenvalue weighted by Crippen LogP contribution is -2.55. The Hall–Kier alpha value is -1.79. The minimum absolute atomic E-state index is 0.0203. The second-order valence-corrected chi connectivity index (χ2v) is 8.22. The number of hydrogen-bond donors (Lipinski definition) is 1. The summed E-state index contributed by atoms with van der Waals surface area (Å²) < 4.78 is 18.3. The van der Waals surface area contributed by atoms with Gasteiger partial charge in [-0.3, -0.25) is 9.69 Å². The van der Waals surface area contributed by atoms with Gasteiger partial charge in [0.1, 0.15) is 17.1 Å². The normalized spacial score (nSPS) is 32.6. The van der Waals surface area contributed by atoms with E-state index in [1.54, 1.807) is 7.11 Å². The lowest BCUT2D eigenvalue weighted by Gasteiger charge is -2.53. The maximum Gasteiger partial charge on any atom is 0.317 e. The minimum Gasteiger partial charge on any atom is -0.497 e. The average Bonchev–Trinajstić information content (AvgIpc) is 2.59. The van der Waals surface area contributed by atoms with Crippen LogP contribution in [-0.2, 0) is 9.53 Å². The molecule has 4 atom stereocenters. The third-order valence-electron chi connectivity index (χ3n) is 6.14. The SMILES string of the molecule is COc1ccc2c(c1)OC(C)(C)[C@@H]1C[C@H]3CN(CC(=O)O)CC[C@H]3O[C@@H]21. The Labute approximate surface area is 154 Å². The Bertz CT molecular complexity index is 703. The van der Waals surface area contributed by atoms with Crippen molar-refractivity contribution < 1.29 is 24.1 Å². The topological polar surface area (TPSA) is 68.2 Å². The molecule has 0 saturated carbocycles. The van der Waals surface area contributed by atoms with Crippen LogP contribution >= 0.6 is 0 Å². The van der Waals surface area contributed by atoms with Gasteiger partial charge in [-0.25, -0.2) is 0 Å². The molecule has 6 nitrogen and oxygen atoms in total. The molecule has 2 saturated heterocycles. The van der Waals surface area contributed by atoms with Gasteiger partial charge in [-0.05, 0) is 44.7 Å². The molecular formula is C20H27NO5.